The van der Waals surface area contributed by atoms with Crippen LogP contribution in [0.1, 0.15) is 0 Å². The lowest BCUT2D eigenvalue weighted by Crippen LogP contribution is -2.13. The number of hydrogen-bond donors (Lipinski definition) is 0. The van der Waals surface area contributed by atoms with E-state index in [0.29, 0.717) is 21.7 Å². The Morgan fingerprint density at radius 2 is 1.83 bits per heavy atom. The molecule has 0 spiro atoms. The highest BCUT2D eigenvalue weighted by Crippen LogP contribution is 2.22. The maximum Gasteiger partial charge on any atom is 0.279 e. The first-order chi connectivity index (χ1) is 8.75. The van der Waals surface area contributed by atoms with Crippen LogP contribution >= 0.6 is 0 Å². The molecule has 18 heavy (non-hydrogen) atoms. The minimum absolute atomic E-state index is 0.340. The van der Waals surface area contributed by atoms with Crippen LogP contribution in [0.15, 0.2) is 59.5 Å². The SMILES string of the molecule is O=c1nc(-c2ccccc2)cc2n([O-])cccc1-2. The van der Waals surface area contributed by atoms with E-state index < -0.39 is 0 Å². The molecular formula is C14H9N2O2-. The second kappa shape index (κ2) is 4.00. The lowest BCUT2D eigenvalue weighted by molar-refractivity contribution is 1.05. The zero-order valence-corrected chi connectivity index (χ0v) is 9.41. The van der Waals surface area contributed by atoms with Gasteiger partial charge in [-0.15, -0.1) is 0 Å². The number of pyridine rings is 2. The van der Waals surface area contributed by atoms with Gasteiger partial charge in [-0.05, 0) is 24.4 Å². The predicted octanol–water partition coefficient (Wildman–Crippen LogP) is 2.36. The molecule has 0 aliphatic carbocycles. The highest BCUT2D eigenvalue weighted by Gasteiger charge is 2.10. The Labute approximate surface area is 103 Å². The Balaban J connectivity index is 2.31. The van der Waals surface area contributed by atoms with Crippen LogP contribution in [0.5, 0.6) is 0 Å². The minimum Gasteiger partial charge on any atom is -0.806 e. The molecule has 4 nitrogen and oxygen atoms in total. The van der Waals surface area contributed by atoms with Crippen LogP contribution in [0.25, 0.3) is 22.5 Å². The van der Waals surface area contributed by atoms with Gasteiger partial charge in [-0.3, -0.25) is 4.79 Å². The predicted molar refractivity (Wildman–Crippen MR) is 69.3 cm³/mol. The summed E-state index contributed by atoms with van der Waals surface area (Å²) in [7, 11) is 0. The van der Waals surface area contributed by atoms with Gasteiger partial charge in [0, 0.05) is 5.56 Å². The Bertz CT molecular complexity index is 720. The van der Waals surface area contributed by atoms with Gasteiger partial charge in [-0.25, -0.2) is 4.98 Å². The molecule has 0 fully saturated rings. The van der Waals surface area contributed by atoms with Crippen molar-refractivity contribution >= 4 is 0 Å². The molecule has 0 saturated heterocycles. The lowest BCUT2D eigenvalue weighted by Gasteiger charge is -2.18. The third kappa shape index (κ3) is 1.64. The molecule has 0 atom stereocenters. The van der Waals surface area contributed by atoms with Gasteiger partial charge in [0.2, 0.25) is 0 Å². The van der Waals surface area contributed by atoms with Crippen LogP contribution in [0.2, 0.25) is 0 Å². The zero-order chi connectivity index (χ0) is 12.5. The van der Waals surface area contributed by atoms with Crippen LogP contribution in [0.4, 0.5) is 0 Å². The van der Waals surface area contributed by atoms with Crippen molar-refractivity contribution in [1.82, 2.24) is 9.71 Å². The number of fused-ring (bicyclic) bond motifs is 1. The van der Waals surface area contributed by atoms with Crippen molar-refractivity contribution in [2.45, 2.75) is 0 Å². The van der Waals surface area contributed by atoms with E-state index in [9.17, 15) is 10.0 Å². The smallest absolute Gasteiger partial charge is 0.279 e. The van der Waals surface area contributed by atoms with Crippen LogP contribution in [-0.2, 0) is 0 Å². The largest absolute Gasteiger partial charge is 0.806 e. The van der Waals surface area contributed by atoms with Crippen molar-refractivity contribution in [3.63, 3.8) is 0 Å². The molecule has 3 rings (SSSR count). The molecule has 0 amide bonds. The van der Waals surface area contributed by atoms with Gasteiger partial charge in [0.15, 0.2) is 0 Å². The fourth-order valence-electron chi connectivity index (χ4n) is 1.91. The Kier molecular flexibility index (Phi) is 2.34. The van der Waals surface area contributed by atoms with E-state index in [-0.39, 0.29) is 5.56 Å². The Hall–Kier alpha value is -2.62. The lowest BCUT2D eigenvalue weighted by atomic mass is 10.1. The molecule has 88 valence electrons. The maximum absolute atomic E-state index is 11.9. The number of benzene rings is 1. The number of aromatic nitrogens is 2. The molecule has 0 radical (unpaired) electrons. The normalized spacial score (nSPS) is 10.7. The second-order valence-corrected chi connectivity index (χ2v) is 3.95. The van der Waals surface area contributed by atoms with Crippen molar-refractivity contribution in [2.24, 2.45) is 0 Å². The van der Waals surface area contributed by atoms with Crippen molar-refractivity contribution in [3.8, 4) is 22.5 Å². The third-order valence-corrected chi connectivity index (χ3v) is 2.79. The molecule has 2 aliphatic rings. The van der Waals surface area contributed by atoms with Crippen molar-refractivity contribution in [1.29, 1.82) is 0 Å². The number of hydrogen-bond acceptors (Lipinski definition) is 3. The summed E-state index contributed by atoms with van der Waals surface area (Å²) in [6.45, 7) is 0. The quantitative estimate of drug-likeness (QED) is 0.652. The molecule has 0 unspecified atom stereocenters. The molecule has 0 bridgehead atoms. The molecular weight excluding hydrogens is 228 g/mol. The van der Waals surface area contributed by atoms with Crippen LogP contribution in [0, 0.1) is 5.21 Å². The molecule has 0 saturated carbocycles. The van der Waals surface area contributed by atoms with Crippen molar-refractivity contribution in [2.75, 3.05) is 0 Å². The van der Waals surface area contributed by atoms with E-state index in [4.69, 9.17) is 0 Å². The van der Waals surface area contributed by atoms with E-state index in [1.54, 1.807) is 18.2 Å². The third-order valence-electron chi connectivity index (χ3n) is 2.79. The topological polar surface area (TPSA) is 58.0 Å². The summed E-state index contributed by atoms with van der Waals surface area (Å²) in [5.74, 6) is 0. The number of nitrogens with zero attached hydrogens (tertiary/aromatic N) is 2. The van der Waals surface area contributed by atoms with Gasteiger partial charge in [0.1, 0.15) is 0 Å². The Morgan fingerprint density at radius 1 is 1.06 bits per heavy atom. The highest BCUT2D eigenvalue weighted by atomic mass is 16.5. The summed E-state index contributed by atoms with van der Waals surface area (Å²) in [4.78, 5) is 15.9. The zero-order valence-electron chi connectivity index (χ0n) is 9.41. The first-order valence-corrected chi connectivity index (χ1v) is 5.51. The van der Waals surface area contributed by atoms with Gasteiger partial charge in [0.05, 0.1) is 17.0 Å². The van der Waals surface area contributed by atoms with Crippen LogP contribution in [0.3, 0.4) is 0 Å². The van der Waals surface area contributed by atoms with Crippen molar-refractivity contribution in [3.05, 3.63) is 70.3 Å². The second-order valence-electron chi connectivity index (χ2n) is 3.95. The molecule has 1 aromatic rings. The Morgan fingerprint density at radius 3 is 2.61 bits per heavy atom. The van der Waals surface area contributed by atoms with Crippen LogP contribution in [-0.4, -0.2) is 9.71 Å². The highest BCUT2D eigenvalue weighted by molar-refractivity contribution is 5.69. The minimum atomic E-state index is -0.378. The summed E-state index contributed by atoms with van der Waals surface area (Å²) in [6, 6.07) is 14.1. The molecule has 0 aromatic heterocycles. The average Bonchev–Trinajstić information content (AvgIpc) is 2.41. The molecule has 4 heteroatoms. The van der Waals surface area contributed by atoms with Gasteiger partial charge >= 0.3 is 0 Å². The van der Waals surface area contributed by atoms with Crippen LogP contribution < -0.4 is 5.56 Å². The van der Waals surface area contributed by atoms with E-state index in [2.05, 4.69) is 4.98 Å². The monoisotopic (exact) mass is 237 g/mol. The standard InChI is InChI=1S/C14H9N2O2/c17-14-11-7-4-8-16(18)13(11)9-12(15-14)10-5-2-1-3-6-10/h1-9H/q-1. The van der Waals surface area contributed by atoms with E-state index in [1.165, 1.54) is 6.20 Å². The van der Waals surface area contributed by atoms with E-state index >= 15 is 0 Å². The fraction of sp³-hybridized carbons (Fsp3) is 0. The summed E-state index contributed by atoms with van der Waals surface area (Å²) < 4.78 is 0.685. The van der Waals surface area contributed by atoms with Crippen molar-refractivity contribution < 1.29 is 0 Å². The summed E-state index contributed by atoms with van der Waals surface area (Å²) >= 11 is 0. The molecule has 1 aromatic carbocycles. The summed E-state index contributed by atoms with van der Waals surface area (Å²) in [5.41, 5.74) is 1.64. The van der Waals surface area contributed by atoms with Gasteiger partial charge in [0.25, 0.3) is 5.56 Å². The maximum atomic E-state index is 11.9. The summed E-state index contributed by atoms with van der Waals surface area (Å²) in [5, 5.41) is 11.7. The summed E-state index contributed by atoms with van der Waals surface area (Å²) in [6.07, 6.45) is 1.37. The fourth-order valence-corrected chi connectivity index (χ4v) is 1.91. The molecule has 2 aliphatic heterocycles. The average molecular weight is 237 g/mol. The number of rotatable bonds is 1. The first kappa shape index (κ1) is 10.5. The van der Waals surface area contributed by atoms with E-state index in [1.807, 2.05) is 30.3 Å². The van der Waals surface area contributed by atoms with Gasteiger partial charge in [-0.2, -0.15) is 0 Å². The van der Waals surface area contributed by atoms with E-state index in [0.717, 1.165) is 5.56 Å². The molecule has 2 heterocycles. The van der Waals surface area contributed by atoms with Gasteiger partial charge < -0.3 is 9.94 Å². The first-order valence-electron chi connectivity index (χ1n) is 5.51. The van der Waals surface area contributed by atoms with Gasteiger partial charge in [-0.1, -0.05) is 30.3 Å². The molecule has 0 N–H and O–H groups in total.